The maximum absolute atomic E-state index is 3.87. The van der Waals surface area contributed by atoms with Crippen LogP contribution in [0.1, 0.15) is 89.9 Å². The number of hydrogen-bond donors (Lipinski definition) is 0. The minimum Gasteiger partial charge on any atom is -0.0885 e. The maximum Gasteiger partial charge on any atom is -0.0351 e. The van der Waals surface area contributed by atoms with Gasteiger partial charge in [0.15, 0.2) is 0 Å². The van der Waals surface area contributed by atoms with E-state index < -0.39 is 0 Å². The smallest absolute Gasteiger partial charge is 0.0351 e. The van der Waals surface area contributed by atoms with Crippen LogP contribution in [0.15, 0.2) is 12.2 Å². The van der Waals surface area contributed by atoms with Gasteiger partial charge >= 0.3 is 0 Å². The normalized spacial score (nSPS) is 11.4. The third-order valence-electron chi connectivity index (χ3n) is 3.41. The molecule has 0 N–H and O–H groups in total. The summed E-state index contributed by atoms with van der Waals surface area (Å²) in [7, 11) is 0. The van der Waals surface area contributed by atoms with Crippen molar-refractivity contribution in [2.24, 2.45) is 0 Å². The molecule has 0 nitrogen and oxygen atoms in total. The first-order valence-corrected chi connectivity index (χ1v) is 8.15. The quantitative estimate of drug-likeness (QED) is 0.238. The van der Waals surface area contributed by atoms with Crippen molar-refractivity contribution in [3.05, 3.63) is 26.0 Å². The first kappa shape index (κ1) is 17.7. The highest BCUT2D eigenvalue weighted by atomic mass is 14.0. The lowest BCUT2D eigenvalue weighted by molar-refractivity contribution is 0.616. The van der Waals surface area contributed by atoms with Crippen molar-refractivity contribution in [2.45, 2.75) is 89.9 Å². The largest absolute Gasteiger partial charge is 0.0885 e. The molecule has 18 heavy (non-hydrogen) atoms. The van der Waals surface area contributed by atoms with Gasteiger partial charge in [0.25, 0.3) is 0 Å². The molecule has 0 saturated carbocycles. The molecule has 0 atom stereocenters. The Labute approximate surface area is 116 Å². The Hall–Kier alpha value is -0.260. The fourth-order valence-electron chi connectivity index (χ4n) is 2.17. The first-order valence-electron chi connectivity index (χ1n) is 8.15. The molecule has 0 heteroatoms. The Balaban J connectivity index is 3.00. The van der Waals surface area contributed by atoms with Crippen LogP contribution < -0.4 is 0 Å². The predicted molar refractivity (Wildman–Crippen MR) is 84.5 cm³/mol. The van der Waals surface area contributed by atoms with Crippen LogP contribution in [0.2, 0.25) is 0 Å². The summed E-state index contributed by atoms with van der Waals surface area (Å²) < 4.78 is 0. The number of hydrogen-bond acceptors (Lipinski definition) is 0. The summed E-state index contributed by atoms with van der Waals surface area (Å²) in [5.74, 6) is 0. The van der Waals surface area contributed by atoms with Gasteiger partial charge in [0.1, 0.15) is 0 Å². The molecular formula is C18H34. The van der Waals surface area contributed by atoms with E-state index in [1.54, 1.807) is 0 Å². The van der Waals surface area contributed by atoms with Gasteiger partial charge in [-0.05, 0) is 25.7 Å². The van der Waals surface area contributed by atoms with Crippen LogP contribution >= 0.6 is 0 Å². The van der Waals surface area contributed by atoms with E-state index in [2.05, 4.69) is 26.0 Å². The van der Waals surface area contributed by atoms with Crippen LogP contribution in [0.3, 0.4) is 0 Å². The summed E-state index contributed by atoms with van der Waals surface area (Å²) >= 11 is 0. The molecule has 0 heterocycles. The summed E-state index contributed by atoms with van der Waals surface area (Å²) in [5, 5.41) is 0. The van der Waals surface area contributed by atoms with Crippen molar-refractivity contribution >= 4 is 0 Å². The Bertz CT molecular complexity index is 139. The highest BCUT2D eigenvalue weighted by molar-refractivity contribution is 4.81. The van der Waals surface area contributed by atoms with Crippen LogP contribution in [-0.4, -0.2) is 0 Å². The summed E-state index contributed by atoms with van der Waals surface area (Å²) in [5.41, 5.74) is 0. The van der Waals surface area contributed by atoms with E-state index in [4.69, 9.17) is 0 Å². The third-order valence-corrected chi connectivity index (χ3v) is 3.41. The van der Waals surface area contributed by atoms with E-state index in [9.17, 15) is 0 Å². The fraction of sp³-hybridized carbons (Fsp3) is 0.778. The van der Waals surface area contributed by atoms with Crippen molar-refractivity contribution in [2.75, 3.05) is 0 Å². The van der Waals surface area contributed by atoms with Crippen LogP contribution in [-0.2, 0) is 0 Å². The molecule has 0 aromatic heterocycles. The molecule has 0 aliphatic rings. The van der Waals surface area contributed by atoms with Crippen LogP contribution in [0.5, 0.6) is 0 Å². The van der Waals surface area contributed by atoms with E-state index in [0.29, 0.717) is 0 Å². The van der Waals surface area contributed by atoms with Crippen molar-refractivity contribution < 1.29 is 0 Å². The lowest BCUT2D eigenvalue weighted by Gasteiger charge is -1.98. The summed E-state index contributed by atoms with van der Waals surface area (Å²) in [6.45, 7) is 7.74. The molecule has 106 valence electrons. The molecular weight excluding hydrogens is 216 g/mol. The highest BCUT2D eigenvalue weighted by Gasteiger charge is 1.89. The van der Waals surface area contributed by atoms with E-state index in [-0.39, 0.29) is 0 Å². The fourth-order valence-corrected chi connectivity index (χ4v) is 2.17. The average molecular weight is 250 g/mol. The molecule has 0 unspecified atom stereocenters. The molecule has 0 aromatic rings. The Morgan fingerprint density at radius 3 is 1.17 bits per heavy atom. The molecule has 0 aliphatic carbocycles. The van der Waals surface area contributed by atoms with E-state index in [1.165, 1.54) is 77.0 Å². The Morgan fingerprint density at radius 2 is 0.778 bits per heavy atom. The molecule has 0 amide bonds. The van der Waals surface area contributed by atoms with E-state index in [0.717, 1.165) is 12.8 Å². The predicted octanol–water partition coefficient (Wildman–Crippen LogP) is 6.67. The lowest BCUT2D eigenvalue weighted by atomic mass is 10.1. The second-order valence-corrected chi connectivity index (χ2v) is 5.29. The Kier molecular flexibility index (Phi) is 16.5. The van der Waals surface area contributed by atoms with Gasteiger partial charge < -0.3 is 0 Å². The molecule has 0 saturated heterocycles. The van der Waals surface area contributed by atoms with E-state index >= 15 is 0 Å². The zero-order valence-electron chi connectivity index (χ0n) is 12.5. The maximum atomic E-state index is 3.87. The van der Waals surface area contributed by atoms with Gasteiger partial charge in [0.05, 0.1) is 0 Å². The molecule has 2 radical (unpaired) electrons. The summed E-state index contributed by atoms with van der Waals surface area (Å²) in [6.07, 6.45) is 23.3. The lowest BCUT2D eigenvalue weighted by Crippen LogP contribution is -1.79. The zero-order chi connectivity index (χ0) is 13.3. The Morgan fingerprint density at radius 1 is 0.444 bits per heavy atom. The van der Waals surface area contributed by atoms with Gasteiger partial charge in [-0.25, -0.2) is 0 Å². The van der Waals surface area contributed by atoms with E-state index in [1.807, 2.05) is 0 Å². The van der Waals surface area contributed by atoms with Gasteiger partial charge in [-0.3, -0.25) is 0 Å². The van der Waals surface area contributed by atoms with Gasteiger partial charge in [0.2, 0.25) is 0 Å². The second-order valence-electron chi connectivity index (χ2n) is 5.29. The minimum atomic E-state index is 1.11. The third kappa shape index (κ3) is 15.7. The standard InChI is InChI=1S/C18H34/c1-3-5-7-9-11-13-15-17-18-16-14-12-10-8-6-4-2/h17-18H,1-16H2. The van der Waals surface area contributed by atoms with Crippen LogP contribution in [0.4, 0.5) is 0 Å². The molecule has 0 aliphatic heterocycles. The van der Waals surface area contributed by atoms with Crippen molar-refractivity contribution in [3.8, 4) is 0 Å². The molecule has 0 aromatic carbocycles. The first-order chi connectivity index (χ1) is 8.91. The zero-order valence-corrected chi connectivity index (χ0v) is 12.5. The van der Waals surface area contributed by atoms with Crippen molar-refractivity contribution in [1.82, 2.24) is 0 Å². The summed E-state index contributed by atoms with van der Waals surface area (Å²) in [6, 6.07) is 0. The number of unbranched alkanes of at least 4 members (excludes halogenated alkanes) is 12. The topological polar surface area (TPSA) is 0 Å². The van der Waals surface area contributed by atoms with Crippen molar-refractivity contribution in [3.63, 3.8) is 0 Å². The highest BCUT2D eigenvalue weighted by Crippen LogP contribution is 2.09. The monoisotopic (exact) mass is 250 g/mol. The average Bonchev–Trinajstić information content (AvgIpc) is 2.39. The molecule has 0 fully saturated rings. The SMILES string of the molecule is [CH2]CCCCCCCC=CCCCCCCC[CH2]. The molecule has 0 rings (SSSR count). The minimum absolute atomic E-state index is 1.11. The van der Waals surface area contributed by atoms with Gasteiger partial charge in [-0.2, -0.15) is 0 Å². The van der Waals surface area contributed by atoms with Gasteiger partial charge in [0, 0.05) is 0 Å². The van der Waals surface area contributed by atoms with Gasteiger partial charge in [-0.1, -0.05) is 90.2 Å². The van der Waals surface area contributed by atoms with Crippen molar-refractivity contribution in [1.29, 1.82) is 0 Å². The number of rotatable bonds is 14. The number of allylic oxidation sites excluding steroid dienone is 2. The molecule has 0 bridgehead atoms. The summed E-state index contributed by atoms with van der Waals surface area (Å²) in [4.78, 5) is 0. The van der Waals surface area contributed by atoms with Crippen LogP contribution in [0.25, 0.3) is 0 Å². The second kappa shape index (κ2) is 16.7. The van der Waals surface area contributed by atoms with Gasteiger partial charge in [-0.15, -0.1) is 0 Å². The molecule has 0 spiro atoms. The van der Waals surface area contributed by atoms with Crippen LogP contribution in [0, 0.1) is 13.8 Å².